The Hall–Kier alpha value is -2.60. The van der Waals surface area contributed by atoms with Crippen LogP contribution in [-0.2, 0) is 6.54 Å². The molecule has 2 aromatic rings. The molecule has 1 aliphatic carbocycles. The zero-order valence-electron chi connectivity index (χ0n) is 18.7. The van der Waals surface area contributed by atoms with Gasteiger partial charge in [0.05, 0.1) is 0 Å². The van der Waals surface area contributed by atoms with E-state index in [4.69, 9.17) is 4.74 Å². The number of amides is 1. The van der Waals surface area contributed by atoms with Gasteiger partial charge in [0.2, 0.25) is 5.88 Å². The van der Waals surface area contributed by atoms with Crippen molar-refractivity contribution in [2.75, 3.05) is 31.1 Å². The van der Waals surface area contributed by atoms with Crippen LogP contribution in [0.4, 0.5) is 5.69 Å². The first-order valence-electron chi connectivity index (χ1n) is 11.6. The van der Waals surface area contributed by atoms with Crippen LogP contribution in [0, 0.1) is 0 Å². The number of benzene rings is 1. The maximum atomic E-state index is 12.5. The van der Waals surface area contributed by atoms with Crippen LogP contribution in [0.2, 0.25) is 0 Å². The molecule has 0 radical (unpaired) electrons. The molecular weight excluding hydrogens is 388 g/mol. The highest BCUT2D eigenvalue weighted by molar-refractivity contribution is 5.94. The summed E-state index contributed by atoms with van der Waals surface area (Å²) in [7, 11) is 0. The fraction of sp³-hybridized carbons (Fsp3) is 0.520. The van der Waals surface area contributed by atoms with Gasteiger partial charge in [-0.1, -0.05) is 6.07 Å². The largest absolute Gasteiger partial charge is 0.474 e. The second-order valence-corrected chi connectivity index (χ2v) is 8.88. The Labute approximate surface area is 185 Å². The number of nitrogens with zero attached hydrogens (tertiary/aromatic N) is 3. The van der Waals surface area contributed by atoms with Crippen molar-refractivity contribution in [1.29, 1.82) is 0 Å². The zero-order chi connectivity index (χ0) is 21.6. The number of hydrogen-bond acceptors (Lipinski definition) is 5. The Balaban J connectivity index is 1.25. The first-order valence-corrected chi connectivity index (χ1v) is 11.6. The maximum Gasteiger partial charge on any atom is 0.251 e. The summed E-state index contributed by atoms with van der Waals surface area (Å²) >= 11 is 0. The molecule has 0 bridgehead atoms. The van der Waals surface area contributed by atoms with Gasteiger partial charge in [0.25, 0.3) is 5.91 Å². The molecule has 1 aliphatic heterocycles. The van der Waals surface area contributed by atoms with Gasteiger partial charge >= 0.3 is 0 Å². The third-order valence-electron chi connectivity index (χ3n) is 6.38. The lowest BCUT2D eigenvalue weighted by atomic mass is 10.1. The van der Waals surface area contributed by atoms with Gasteiger partial charge in [0, 0.05) is 62.3 Å². The number of carbonyl (C=O) groups excluding carboxylic acids is 1. The second kappa shape index (κ2) is 10.1. The van der Waals surface area contributed by atoms with Crippen LogP contribution < -0.4 is 15.0 Å². The van der Waals surface area contributed by atoms with E-state index < -0.39 is 0 Å². The molecule has 1 N–H and O–H groups in total. The third-order valence-corrected chi connectivity index (χ3v) is 6.38. The van der Waals surface area contributed by atoms with Gasteiger partial charge in [-0.15, -0.1) is 0 Å². The molecular formula is C25H34N4O2. The van der Waals surface area contributed by atoms with Crippen molar-refractivity contribution in [3.63, 3.8) is 0 Å². The summed E-state index contributed by atoms with van der Waals surface area (Å²) in [6.07, 6.45) is 6.80. The summed E-state index contributed by atoms with van der Waals surface area (Å²) in [5.74, 6) is 0.606. The predicted octanol–water partition coefficient (Wildman–Crippen LogP) is 3.86. The lowest BCUT2D eigenvalue weighted by Gasteiger charge is -2.38. The normalized spacial score (nSPS) is 17.8. The quantitative estimate of drug-likeness (QED) is 0.734. The molecule has 0 atom stereocenters. The summed E-state index contributed by atoms with van der Waals surface area (Å²) in [6, 6.07) is 12.4. The monoisotopic (exact) mass is 422 g/mol. The van der Waals surface area contributed by atoms with Gasteiger partial charge in [0.15, 0.2) is 0 Å². The van der Waals surface area contributed by atoms with E-state index in [0.29, 0.717) is 30.1 Å². The van der Waals surface area contributed by atoms with E-state index in [-0.39, 0.29) is 5.91 Å². The van der Waals surface area contributed by atoms with E-state index >= 15 is 0 Å². The van der Waals surface area contributed by atoms with Crippen LogP contribution in [0.3, 0.4) is 0 Å². The Kier molecular flexibility index (Phi) is 7.07. The molecule has 1 amide bonds. The highest BCUT2D eigenvalue weighted by atomic mass is 16.5. The summed E-state index contributed by atoms with van der Waals surface area (Å²) < 4.78 is 5.90. The highest BCUT2D eigenvalue weighted by Crippen LogP contribution is 2.23. The first-order chi connectivity index (χ1) is 15.1. The third kappa shape index (κ3) is 5.76. The van der Waals surface area contributed by atoms with Crippen molar-refractivity contribution >= 4 is 11.6 Å². The number of piperazine rings is 1. The molecule has 2 aliphatic rings. The molecule has 1 saturated heterocycles. The van der Waals surface area contributed by atoms with E-state index in [1.165, 1.54) is 18.5 Å². The van der Waals surface area contributed by atoms with Crippen LogP contribution in [0.25, 0.3) is 0 Å². The molecule has 6 nitrogen and oxygen atoms in total. The minimum atomic E-state index is -0.0672. The van der Waals surface area contributed by atoms with E-state index in [1.54, 1.807) is 6.20 Å². The number of carbonyl (C=O) groups is 1. The van der Waals surface area contributed by atoms with Gasteiger partial charge in [-0.3, -0.25) is 9.69 Å². The Bertz CT molecular complexity index is 837. The van der Waals surface area contributed by atoms with Crippen molar-refractivity contribution in [2.24, 2.45) is 0 Å². The van der Waals surface area contributed by atoms with E-state index in [0.717, 1.165) is 44.6 Å². The van der Waals surface area contributed by atoms with E-state index in [1.807, 2.05) is 24.3 Å². The van der Waals surface area contributed by atoms with Crippen molar-refractivity contribution < 1.29 is 9.53 Å². The molecule has 31 heavy (non-hydrogen) atoms. The summed E-state index contributed by atoms with van der Waals surface area (Å²) in [4.78, 5) is 21.8. The predicted molar refractivity (Wildman–Crippen MR) is 124 cm³/mol. The molecule has 2 heterocycles. The first kappa shape index (κ1) is 21.6. The number of pyridine rings is 1. The van der Waals surface area contributed by atoms with Crippen LogP contribution >= 0.6 is 0 Å². The molecule has 2 fully saturated rings. The van der Waals surface area contributed by atoms with Gasteiger partial charge < -0.3 is 15.0 Å². The summed E-state index contributed by atoms with van der Waals surface area (Å²) in [5, 5.41) is 2.99. The number of anilines is 1. The number of ether oxygens (including phenoxy) is 1. The number of rotatable bonds is 7. The smallest absolute Gasteiger partial charge is 0.251 e. The standard InChI is InChI=1S/C25H34N4O2/c1-19(2)28-13-15-29(16-14-28)22-10-8-21(9-11-22)25(30)27-18-20-7-12-24(26-17-20)31-23-5-3-4-6-23/h7-12,17,19,23H,3-6,13-16,18H2,1-2H3,(H,27,30). The molecule has 1 saturated carbocycles. The highest BCUT2D eigenvalue weighted by Gasteiger charge is 2.19. The van der Waals surface area contributed by atoms with Gasteiger partial charge in [-0.05, 0) is 69.4 Å². The minimum absolute atomic E-state index is 0.0672. The molecule has 1 aromatic carbocycles. The Morgan fingerprint density at radius 3 is 2.39 bits per heavy atom. The van der Waals surface area contributed by atoms with Crippen molar-refractivity contribution in [3.8, 4) is 5.88 Å². The molecule has 0 spiro atoms. The van der Waals surface area contributed by atoms with E-state index in [9.17, 15) is 4.79 Å². The lowest BCUT2D eigenvalue weighted by Crippen LogP contribution is -2.48. The Morgan fingerprint density at radius 1 is 1.06 bits per heavy atom. The van der Waals surface area contributed by atoms with Crippen molar-refractivity contribution in [1.82, 2.24) is 15.2 Å². The SMILES string of the molecule is CC(C)N1CCN(c2ccc(C(=O)NCc3ccc(OC4CCCC4)nc3)cc2)CC1. The Morgan fingerprint density at radius 2 is 1.77 bits per heavy atom. The van der Waals surface area contributed by atoms with Crippen LogP contribution in [0.5, 0.6) is 5.88 Å². The molecule has 6 heteroatoms. The van der Waals surface area contributed by atoms with Gasteiger partial charge in [-0.2, -0.15) is 0 Å². The van der Waals surface area contributed by atoms with Crippen LogP contribution in [-0.4, -0.2) is 54.1 Å². The second-order valence-electron chi connectivity index (χ2n) is 8.88. The fourth-order valence-corrected chi connectivity index (χ4v) is 4.37. The summed E-state index contributed by atoms with van der Waals surface area (Å²) in [6.45, 7) is 9.16. The molecule has 166 valence electrons. The average Bonchev–Trinajstić information content (AvgIpc) is 3.32. The van der Waals surface area contributed by atoms with Crippen molar-refractivity contribution in [3.05, 3.63) is 53.7 Å². The number of aromatic nitrogens is 1. The minimum Gasteiger partial charge on any atom is -0.474 e. The van der Waals surface area contributed by atoms with Crippen molar-refractivity contribution in [2.45, 2.75) is 58.2 Å². The topological polar surface area (TPSA) is 57.7 Å². The summed E-state index contributed by atoms with van der Waals surface area (Å²) in [5.41, 5.74) is 2.83. The van der Waals surface area contributed by atoms with E-state index in [2.05, 4.69) is 46.1 Å². The zero-order valence-corrected chi connectivity index (χ0v) is 18.7. The van der Waals surface area contributed by atoms with Gasteiger partial charge in [-0.25, -0.2) is 4.98 Å². The molecule has 1 aromatic heterocycles. The van der Waals surface area contributed by atoms with Crippen LogP contribution in [0.15, 0.2) is 42.6 Å². The number of hydrogen-bond donors (Lipinski definition) is 1. The number of nitrogens with one attached hydrogen (secondary N) is 1. The molecule has 4 rings (SSSR count). The average molecular weight is 423 g/mol. The molecule has 0 unspecified atom stereocenters. The lowest BCUT2D eigenvalue weighted by molar-refractivity contribution is 0.0951. The van der Waals surface area contributed by atoms with Gasteiger partial charge in [0.1, 0.15) is 6.10 Å². The fourth-order valence-electron chi connectivity index (χ4n) is 4.37. The van der Waals surface area contributed by atoms with Crippen LogP contribution in [0.1, 0.15) is 55.5 Å². The maximum absolute atomic E-state index is 12.5.